The van der Waals surface area contributed by atoms with Crippen LogP contribution in [0.4, 0.5) is 0 Å². The van der Waals surface area contributed by atoms with E-state index in [-0.39, 0.29) is 6.61 Å². The Morgan fingerprint density at radius 3 is 2.64 bits per heavy atom. The Morgan fingerprint density at radius 2 is 2.36 bits per heavy atom. The minimum atomic E-state index is -0.391. The lowest BCUT2D eigenvalue weighted by Crippen LogP contribution is -2.28. The predicted octanol–water partition coefficient (Wildman–Crippen LogP) is 0.829. The number of aliphatic hydroxyl groups excluding tert-OH is 1. The van der Waals surface area contributed by atoms with Crippen molar-refractivity contribution in [3.05, 3.63) is 16.1 Å². The normalized spacial score (nSPS) is 12.0. The fraction of sp³-hybridized carbons (Fsp3) is 0.571. The zero-order valence-corrected chi connectivity index (χ0v) is 7.48. The topological polar surface area (TPSA) is 59.1 Å². The van der Waals surface area contributed by atoms with Gasteiger partial charge in [-0.3, -0.25) is 0 Å². The molecule has 0 aliphatic heterocycles. The van der Waals surface area contributed by atoms with E-state index in [1.54, 1.807) is 0 Å². The molecule has 0 radical (unpaired) electrons. The number of nitrogens with zero attached hydrogens (tertiary/aromatic N) is 1. The van der Waals surface area contributed by atoms with Crippen LogP contribution in [-0.4, -0.2) is 10.1 Å². The van der Waals surface area contributed by atoms with Crippen molar-refractivity contribution in [2.45, 2.75) is 26.0 Å². The first kappa shape index (κ1) is 8.64. The third-order valence-corrected chi connectivity index (χ3v) is 2.50. The van der Waals surface area contributed by atoms with Gasteiger partial charge >= 0.3 is 0 Å². The molecule has 0 aromatic carbocycles. The third-order valence-electron chi connectivity index (χ3n) is 1.26. The second kappa shape index (κ2) is 2.89. The molecular formula is C7H12N2OS. The van der Waals surface area contributed by atoms with Crippen LogP contribution in [0, 0.1) is 0 Å². The molecule has 3 nitrogen and oxygen atoms in total. The minimum absolute atomic E-state index is 0.00736. The van der Waals surface area contributed by atoms with Gasteiger partial charge in [-0.05, 0) is 13.8 Å². The van der Waals surface area contributed by atoms with Crippen molar-refractivity contribution in [2.24, 2.45) is 5.73 Å². The van der Waals surface area contributed by atoms with Crippen LogP contribution in [0.3, 0.4) is 0 Å². The van der Waals surface area contributed by atoms with Gasteiger partial charge in [0.2, 0.25) is 0 Å². The Morgan fingerprint density at radius 1 is 1.73 bits per heavy atom. The molecule has 0 fully saturated rings. The summed E-state index contributed by atoms with van der Waals surface area (Å²) in [5.74, 6) is 0. The van der Waals surface area contributed by atoms with Crippen LogP contribution in [0.15, 0.2) is 5.38 Å². The van der Waals surface area contributed by atoms with Gasteiger partial charge in [0.15, 0.2) is 0 Å². The lowest BCUT2D eigenvalue weighted by molar-refractivity contribution is 0.277. The maximum absolute atomic E-state index is 8.72. The number of aliphatic hydroxyl groups is 1. The zero-order chi connectivity index (χ0) is 8.48. The van der Waals surface area contributed by atoms with Crippen LogP contribution >= 0.6 is 11.3 Å². The SMILES string of the molecule is CC(C)(N)c1nc(CO)cs1. The molecule has 0 amide bonds. The van der Waals surface area contributed by atoms with E-state index in [4.69, 9.17) is 10.8 Å². The Balaban J connectivity index is 2.89. The lowest BCUT2D eigenvalue weighted by Gasteiger charge is -2.13. The largest absolute Gasteiger partial charge is 0.390 e. The number of rotatable bonds is 2. The summed E-state index contributed by atoms with van der Waals surface area (Å²) in [6.07, 6.45) is 0. The van der Waals surface area contributed by atoms with Gasteiger partial charge < -0.3 is 10.8 Å². The molecule has 0 bridgehead atoms. The molecule has 0 spiro atoms. The summed E-state index contributed by atoms with van der Waals surface area (Å²) >= 11 is 1.48. The van der Waals surface area contributed by atoms with E-state index in [9.17, 15) is 0 Å². The highest BCUT2D eigenvalue weighted by Gasteiger charge is 2.17. The highest BCUT2D eigenvalue weighted by molar-refractivity contribution is 7.09. The van der Waals surface area contributed by atoms with Crippen molar-refractivity contribution in [3.63, 3.8) is 0 Å². The van der Waals surface area contributed by atoms with Crippen molar-refractivity contribution in [3.8, 4) is 0 Å². The smallest absolute Gasteiger partial charge is 0.112 e. The summed E-state index contributed by atoms with van der Waals surface area (Å²) in [6, 6.07) is 0. The van der Waals surface area contributed by atoms with Crippen LogP contribution in [-0.2, 0) is 12.1 Å². The summed E-state index contributed by atoms with van der Waals surface area (Å²) in [5.41, 5.74) is 6.10. The van der Waals surface area contributed by atoms with Crippen molar-refractivity contribution in [1.82, 2.24) is 4.98 Å². The fourth-order valence-electron chi connectivity index (χ4n) is 0.676. The fourth-order valence-corrected chi connectivity index (χ4v) is 1.52. The van der Waals surface area contributed by atoms with Crippen molar-refractivity contribution in [1.29, 1.82) is 0 Å². The van der Waals surface area contributed by atoms with Crippen LogP contribution < -0.4 is 5.73 Å². The molecule has 1 aromatic heterocycles. The van der Waals surface area contributed by atoms with E-state index in [1.165, 1.54) is 11.3 Å². The first-order chi connectivity index (χ1) is 5.04. The summed E-state index contributed by atoms with van der Waals surface area (Å²) < 4.78 is 0. The zero-order valence-electron chi connectivity index (χ0n) is 6.66. The van der Waals surface area contributed by atoms with Gasteiger partial charge in [-0.25, -0.2) is 4.98 Å². The Labute approximate surface area is 69.9 Å². The summed E-state index contributed by atoms with van der Waals surface area (Å²) in [4.78, 5) is 4.14. The molecule has 1 heterocycles. The van der Waals surface area contributed by atoms with Crippen molar-refractivity contribution in [2.75, 3.05) is 0 Å². The maximum atomic E-state index is 8.72. The molecule has 0 saturated carbocycles. The predicted molar refractivity (Wildman–Crippen MR) is 45.3 cm³/mol. The molecule has 4 heteroatoms. The summed E-state index contributed by atoms with van der Waals surface area (Å²) in [5, 5.41) is 11.4. The van der Waals surface area contributed by atoms with Gasteiger partial charge in [-0.15, -0.1) is 11.3 Å². The van der Waals surface area contributed by atoms with E-state index in [0.717, 1.165) is 5.01 Å². The molecular weight excluding hydrogens is 160 g/mol. The van der Waals surface area contributed by atoms with E-state index < -0.39 is 5.54 Å². The van der Waals surface area contributed by atoms with E-state index in [2.05, 4.69) is 4.98 Å². The molecule has 1 rings (SSSR count). The van der Waals surface area contributed by atoms with E-state index in [1.807, 2.05) is 19.2 Å². The summed E-state index contributed by atoms with van der Waals surface area (Å²) in [7, 11) is 0. The molecule has 0 atom stereocenters. The van der Waals surface area contributed by atoms with Crippen LogP contribution in [0.25, 0.3) is 0 Å². The Hall–Kier alpha value is -0.450. The van der Waals surface area contributed by atoms with E-state index in [0.29, 0.717) is 5.69 Å². The molecule has 3 N–H and O–H groups in total. The molecule has 0 aliphatic carbocycles. The molecule has 0 saturated heterocycles. The Kier molecular flexibility index (Phi) is 2.27. The number of thiazole rings is 1. The quantitative estimate of drug-likeness (QED) is 0.694. The maximum Gasteiger partial charge on any atom is 0.112 e. The van der Waals surface area contributed by atoms with Crippen LogP contribution in [0.2, 0.25) is 0 Å². The van der Waals surface area contributed by atoms with Crippen LogP contribution in [0.5, 0.6) is 0 Å². The van der Waals surface area contributed by atoms with Crippen molar-refractivity contribution < 1.29 is 5.11 Å². The molecule has 0 aliphatic rings. The third kappa shape index (κ3) is 1.99. The van der Waals surface area contributed by atoms with Crippen molar-refractivity contribution >= 4 is 11.3 Å². The van der Waals surface area contributed by atoms with Crippen LogP contribution in [0.1, 0.15) is 24.5 Å². The number of hydrogen-bond donors (Lipinski definition) is 2. The molecule has 62 valence electrons. The standard InChI is InChI=1S/C7H12N2OS/c1-7(2,8)6-9-5(3-10)4-11-6/h4,10H,3,8H2,1-2H3. The molecule has 11 heavy (non-hydrogen) atoms. The number of nitrogens with two attached hydrogens (primary N) is 1. The number of aromatic nitrogens is 1. The molecule has 0 unspecified atom stereocenters. The second-order valence-electron chi connectivity index (χ2n) is 3.02. The minimum Gasteiger partial charge on any atom is -0.390 e. The first-order valence-corrected chi connectivity index (χ1v) is 4.26. The monoisotopic (exact) mass is 172 g/mol. The van der Waals surface area contributed by atoms with E-state index >= 15 is 0 Å². The van der Waals surface area contributed by atoms with Gasteiger partial charge in [0.1, 0.15) is 5.01 Å². The van der Waals surface area contributed by atoms with Gasteiger partial charge in [-0.2, -0.15) is 0 Å². The highest BCUT2D eigenvalue weighted by Crippen LogP contribution is 2.20. The summed E-state index contributed by atoms with van der Waals surface area (Å²) in [6.45, 7) is 3.78. The van der Waals surface area contributed by atoms with Gasteiger partial charge in [0, 0.05) is 5.38 Å². The van der Waals surface area contributed by atoms with Gasteiger partial charge in [0.25, 0.3) is 0 Å². The second-order valence-corrected chi connectivity index (χ2v) is 3.88. The Bertz CT molecular complexity index is 239. The van der Waals surface area contributed by atoms with Gasteiger partial charge in [0.05, 0.1) is 17.8 Å². The highest BCUT2D eigenvalue weighted by atomic mass is 32.1. The number of hydrogen-bond acceptors (Lipinski definition) is 4. The average Bonchev–Trinajstić information content (AvgIpc) is 2.32. The van der Waals surface area contributed by atoms with Gasteiger partial charge in [-0.1, -0.05) is 0 Å². The average molecular weight is 172 g/mol. The lowest BCUT2D eigenvalue weighted by atomic mass is 10.1. The first-order valence-electron chi connectivity index (χ1n) is 3.38. The molecule has 1 aromatic rings.